The molecule has 1 aliphatic rings. The van der Waals surface area contributed by atoms with Gasteiger partial charge in [-0.05, 0) is 85.8 Å². The number of benzene rings is 10. The van der Waals surface area contributed by atoms with Crippen LogP contribution >= 0.6 is 0 Å². The largest absolute Gasteiger partial charge is 0.455 e. The summed E-state index contributed by atoms with van der Waals surface area (Å²) < 4.78 is 6.78. The minimum Gasteiger partial charge on any atom is -0.455 e. The molecule has 0 N–H and O–H groups in total. The van der Waals surface area contributed by atoms with E-state index in [1.807, 2.05) is 0 Å². The van der Waals surface area contributed by atoms with E-state index < -0.39 is 0 Å². The summed E-state index contributed by atoms with van der Waals surface area (Å²) in [5, 5.41) is 4.51. The zero-order chi connectivity index (χ0) is 42.1. The molecular weight excluding hydrogens is 763 g/mol. The number of nitrogens with zero attached hydrogens (tertiary/aromatic N) is 1. The van der Waals surface area contributed by atoms with Crippen LogP contribution in [0.15, 0.2) is 229 Å². The van der Waals surface area contributed by atoms with Gasteiger partial charge in [-0.1, -0.05) is 208 Å². The molecule has 63 heavy (non-hydrogen) atoms. The number of rotatable bonds is 7. The second kappa shape index (κ2) is 14.6. The lowest BCUT2D eigenvalue weighted by Crippen LogP contribution is -2.15. The molecule has 0 unspecified atom stereocenters. The molecule has 2 heteroatoms. The Balaban J connectivity index is 1.16. The summed E-state index contributed by atoms with van der Waals surface area (Å²) in [5.41, 5.74) is 19.6. The monoisotopic (exact) mass is 805 g/mol. The highest BCUT2D eigenvalue weighted by atomic mass is 16.3. The minimum atomic E-state index is -0.131. The molecule has 0 atom stereocenters. The van der Waals surface area contributed by atoms with Gasteiger partial charge in [-0.15, -0.1) is 0 Å². The van der Waals surface area contributed by atoms with Crippen LogP contribution in [0, 0.1) is 0 Å². The van der Waals surface area contributed by atoms with Crippen molar-refractivity contribution in [3.63, 3.8) is 0 Å². The van der Waals surface area contributed by atoms with Crippen molar-refractivity contribution in [3.05, 3.63) is 236 Å². The van der Waals surface area contributed by atoms with Gasteiger partial charge in [-0.3, -0.25) is 0 Å². The Morgan fingerprint density at radius 2 is 0.857 bits per heavy atom. The number of fused-ring (bicyclic) bond motifs is 8. The molecule has 1 aliphatic carbocycles. The highest BCUT2D eigenvalue weighted by Crippen LogP contribution is 2.55. The second-order valence-corrected chi connectivity index (χ2v) is 17.1. The van der Waals surface area contributed by atoms with Gasteiger partial charge in [0.2, 0.25) is 0 Å². The molecule has 1 aromatic heterocycles. The molecule has 0 spiro atoms. The fraction of sp³-hybridized carbons (Fsp3) is 0.0492. The fourth-order valence-corrected chi connectivity index (χ4v) is 10.4. The van der Waals surface area contributed by atoms with Crippen LogP contribution in [0.5, 0.6) is 0 Å². The van der Waals surface area contributed by atoms with E-state index in [9.17, 15) is 0 Å². The SMILES string of the molecule is CC1(C)c2ccccc2-c2c(-c3ccccc3N(c3ccccc3-c3ccccc3-c3ccccc3)c3ccccc3-c3cccc4oc5c6ccccc6ccc5c34)cccc21. The Kier molecular flexibility index (Phi) is 8.55. The zero-order valence-electron chi connectivity index (χ0n) is 35.2. The van der Waals surface area contributed by atoms with E-state index in [-0.39, 0.29) is 5.41 Å². The summed E-state index contributed by atoms with van der Waals surface area (Å²) in [4.78, 5) is 2.52. The summed E-state index contributed by atoms with van der Waals surface area (Å²) in [6, 6.07) is 81.7. The number of hydrogen-bond acceptors (Lipinski definition) is 2. The summed E-state index contributed by atoms with van der Waals surface area (Å²) in [5.74, 6) is 0. The predicted molar refractivity (Wildman–Crippen MR) is 265 cm³/mol. The first-order valence-corrected chi connectivity index (χ1v) is 21.9. The molecular formula is C61H43NO. The van der Waals surface area contributed by atoms with Gasteiger partial charge in [0.1, 0.15) is 11.2 Å². The highest BCUT2D eigenvalue weighted by molar-refractivity contribution is 6.20. The third-order valence-electron chi connectivity index (χ3n) is 13.3. The summed E-state index contributed by atoms with van der Waals surface area (Å²) >= 11 is 0. The molecule has 0 aliphatic heterocycles. The van der Waals surface area contributed by atoms with Crippen molar-refractivity contribution in [2.24, 2.45) is 0 Å². The van der Waals surface area contributed by atoms with Crippen LogP contribution < -0.4 is 4.90 Å². The number of para-hydroxylation sites is 3. The number of anilines is 3. The molecule has 298 valence electrons. The van der Waals surface area contributed by atoms with Crippen molar-refractivity contribution in [3.8, 4) is 55.6 Å². The molecule has 11 aromatic rings. The van der Waals surface area contributed by atoms with Gasteiger partial charge in [0.15, 0.2) is 0 Å². The minimum absolute atomic E-state index is 0.131. The molecule has 0 fully saturated rings. The van der Waals surface area contributed by atoms with Crippen molar-refractivity contribution in [2.75, 3.05) is 4.90 Å². The molecule has 1 heterocycles. The smallest absolute Gasteiger partial charge is 0.143 e. The fourth-order valence-electron chi connectivity index (χ4n) is 10.4. The van der Waals surface area contributed by atoms with Crippen LogP contribution in [-0.2, 0) is 5.41 Å². The quantitative estimate of drug-likeness (QED) is 0.160. The van der Waals surface area contributed by atoms with Gasteiger partial charge in [0.25, 0.3) is 0 Å². The van der Waals surface area contributed by atoms with Crippen molar-refractivity contribution in [1.82, 2.24) is 0 Å². The number of furan rings is 1. The first-order chi connectivity index (χ1) is 31.1. The topological polar surface area (TPSA) is 16.4 Å². The van der Waals surface area contributed by atoms with Crippen LogP contribution in [0.1, 0.15) is 25.0 Å². The van der Waals surface area contributed by atoms with Crippen LogP contribution in [0.3, 0.4) is 0 Å². The maximum Gasteiger partial charge on any atom is 0.143 e. The molecule has 10 aromatic carbocycles. The molecule has 0 bridgehead atoms. The van der Waals surface area contributed by atoms with Gasteiger partial charge in [-0.25, -0.2) is 0 Å². The lowest BCUT2D eigenvalue weighted by Gasteiger charge is -2.32. The van der Waals surface area contributed by atoms with Crippen molar-refractivity contribution < 1.29 is 4.42 Å². The molecule has 2 nitrogen and oxygen atoms in total. The standard InChI is InChI=1S/C61H43NO/c1-61(2)52-32-14-10-29-50(52)58-48(30-18-33-53(58)61)46-27-12-16-35-55(46)62(54-34-15-11-26-45(54)44-25-9-8-23-42(44)40-20-4-3-5-21-40)56-36-17-13-28-47(56)49-31-19-37-57-59(49)51-39-38-41-22-6-7-24-43(41)60(51)63-57/h3-39H,1-2H3. The summed E-state index contributed by atoms with van der Waals surface area (Å²) in [6.07, 6.45) is 0. The molecule has 0 saturated carbocycles. The highest BCUT2D eigenvalue weighted by Gasteiger charge is 2.37. The van der Waals surface area contributed by atoms with E-state index in [0.717, 1.165) is 61.1 Å². The lowest BCUT2D eigenvalue weighted by atomic mass is 9.82. The lowest BCUT2D eigenvalue weighted by molar-refractivity contribution is 0.660. The van der Waals surface area contributed by atoms with E-state index in [0.29, 0.717) is 0 Å². The Morgan fingerprint density at radius 3 is 1.59 bits per heavy atom. The van der Waals surface area contributed by atoms with Crippen LogP contribution in [0.25, 0.3) is 88.3 Å². The Bertz CT molecular complexity index is 3560. The van der Waals surface area contributed by atoms with Gasteiger partial charge in [0.05, 0.1) is 17.1 Å². The van der Waals surface area contributed by atoms with E-state index in [1.54, 1.807) is 0 Å². The Hall–Kier alpha value is -7.94. The molecule has 0 saturated heterocycles. The average Bonchev–Trinajstić information content (AvgIpc) is 3.85. The normalized spacial score (nSPS) is 12.7. The number of hydrogen-bond donors (Lipinski definition) is 0. The third kappa shape index (κ3) is 5.79. The van der Waals surface area contributed by atoms with Crippen molar-refractivity contribution in [1.29, 1.82) is 0 Å². The van der Waals surface area contributed by atoms with E-state index in [2.05, 4.69) is 243 Å². The van der Waals surface area contributed by atoms with E-state index in [1.165, 1.54) is 55.5 Å². The maximum atomic E-state index is 6.78. The van der Waals surface area contributed by atoms with Crippen LogP contribution in [0.2, 0.25) is 0 Å². The van der Waals surface area contributed by atoms with Crippen molar-refractivity contribution in [2.45, 2.75) is 19.3 Å². The summed E-state index contributed by atoms with van der Waals surface area (Å²) in [6.45, 7) is 4.72. The second-order valence-electron chi connectivity index (χ2n) is 17.1. The first kappa shape index (κ1) is 36.9. The molecule has 0 radical (unpaired) electrons. The Morgan fingerprint density at radius 1 is 0.349 bits per heavy atom. The van der Waals surface area contributed by atoms with Crippen LogP contribution in [0.4, 0.5) is 17.1 Å². The third-order valence-corrected chi connectivity index (χ3v) is 13.3. The van der Waals surface area contributed by atoms with Crippen LogP contribution in [-0.4, -0.2) is 0 Å². The predicted octanol–water partition coefficient (Wildman–Crippen LogP) is 17.2. The zero-order valence-corrected chi connectivity index (χ0v) is 35.2. The van der Waals surface area contributed by atoms with Gasteiger partial charge in [0, 0.05) is 38.3 Å². The van der Waals surface area contributed by atoms with Gasteiger partial charge >= 0.3 is 0 Å². The van der Waals surface area contributed by atoms with Crippen molar-refractivity contribution >= 4 is 49.8 Å². The van der Waals surface area contributed by atoms with E-state index in [4.69, 9.17) is 4.42 Å². The maximum absolute atomic E-state index is 6.78. The molecule has 0 amide bonds. The molecule has 12 rings (SSSR count). The average molecular weight is 806 g/mol. The Labute approximate surface area is 368 Å². The van der Waals surface area contributed by atoms with Gasteiger partial charge < -0.3 is 9.32 Å². The van der Waals surface area contributed by atoms with Gasteiger partial charge in [-0.2, -0.15) is 0 Å². The van der Waals surface area contributed by atoms with E-state index >= 15 is 0 Å². The first-order valence-electron chi connectivity index (χ1n) is 21.9. The summed E-state index contributed by atoms with van der Waals surface area (Å²) in [7, 11) is 0.